The second kappa shape index (κ2) is 9.88. The summed E-state index contributed by atoms with van der Waals surface area (Å²) in [4.78, 5) is 28.4. The first-order chi connectivity index (χ1) is 12.1. The summed E-state index contributed by atoms with van der Waals surface area (Å²) in [6.07, 6.45) is 3.87. The van der Waals surface area contributed by atoms with Crippen LogP contribution < -0.4 is 5.32 Å². The molecule has 2 saturated heterocycles. The molecule has 0 bridgehead atoms. The highest BCUT2D eigenvalue weighted by Gasteiger charge is 2.25. The first-order valence-corrected chi connectivity index (χ1v) is 9.17. The lowest BCUT2D eigenvalue weighted by Gasteiger charge is -2.35. The van der Waals surface area contributed by atoms with Gasteiger partial charge in [0.2, 0.25) is 5.91 Å². The van der Waals surface area contributed by atoms with Crippen molar-refractivity contribution in [1.29, 1.82) is 0 Å². The van der Waals surface area contributed by atoms with Gasteiger partial charge in [-0.15, -0.1) is 12.4 Å². The van der Waals surface area contributed by atoms with Gasteiger partial charge in [0.15, 0.2) is 0 Å². The number of piperidine rings is 1. The van der Waals surface area contributed by atoms with Crippen LogP contribution in [0.3, 0.4) is 0 Å². The van der Waals surface area contributed by atoms with Crippen molar-refractivity contribution in [2.24, 2.45) is 5.92 Å². The van der Waals surface area contributed by atoms with E-state index in [9.17, 15) is 14.0 Å². The number of nitrogens with zero attached hydrogens (tertiary/aromatic N) is 2. The predicted octanol–water partition coefficient (Wildman–Crippen LogP) is 2.31. The Bertz CT molecular complexity index is 615. The van der Waals surface area contributed by atoms with Crippen LogP contribution in [-0.2, 0) is 4.79 Å². The van der Waals surface area contributed by atoms with E-state index in [1.54, 1.807) is 17.0 Å². The van der Waals surface area contributed by atoms with E-state index in [-0.39, 0.29) is 24.2 Å². The summed E-state index contributed by atoms with van der Waals surface area (Å²) in [6.45, 7) is 4.25. The minimum atomic E-state index is -0.405. The van der Waals surface area contributed by atoms with Crippen molar-refractivity contribution in [2.75, 3.05) is 39.3 Å². The Hall–Kier alpha value is -1.66. The Morgan fingerprint density at radius 2 is 1.73 bits per heavy atom. The Morgan fingerprint density at radius 3 is 2.38 bits per heavy atom. The molecule has 2 amide bonds. The SMILES string of the molecule is Cl.O=C(CCC1CCNCC1)N1CCN(C(=O)c2cccc(F)c2)CC1. The van der Waals surface area contributed by atoms with Crippen molar-refractivity contribution in [3.63, 3.8) is 0 Å². The van der Waals surface area contributed by atoms with E-state index >= 15 is 0 Å². The van der Waals surface area contributed by atoms with Gasteiger partial charge in [-0.1, -0.05) is 6.07 Å². The number of carbonyl (C=O) groups excluding carboxylic acids is 2. The summed E-state index contributed by atoms with van der Waals surface area (Å²) >= 11 is 0. The van der Waals surface area contributed by atoms with Gasteiger partial charge in [-0.3, -0.25) is 9.59 Å². The largest absolute Gasteiger partial charge is 0.339 e. The van der Waals surface area contributed by atoms with Gasteiger partial charge < -0.3 is 15.1 Å². The third-order valence-electron chi connectivity index (χ3n) is 5.22. The van der Waals surface area contributed by atoms with E-state index in [0.717, 1.165) is 32.4 Å². The molecule has 144 valence electrons. The van der Waals surface area contributed by atoms with Gasteiger partial charge in [0.1, 0.15) is 5.82 Å². The van der Waals surface area contributed by atoms with Crippen LogP contribution in [0.15, 0.2) is 24.3 Å². The van der Waals surface area contributed by atoms with Crippen molar-refractivity contribution in [1.82, 2.24) is 15.1 Å². The molecule has 1 aromatic carbocycles. The highest BCUT2D eigenvalue weighted by atomic mass is 35.5. The van der Waals surface area contributed by atoms with E-state index in [0.29, 0.717) is 44.1 Å². The molecule has 2 aliphatic rings. The maximum atomic E-state index is 13.3. The quantitative estimate of drug-likeness (QED) is 0.868. The average Bonchev–Trinajstić information content (AvgIpc) is 2.66. The Kier molecular flexibility index (Phi) is 7.85. The maximum absolute atomic E-state index is 13.3. The predicted molar refractivity (Wildman–Crippen MR) is 101 cm³/mol. The lowest BCUT2D eigenvalue weighted by molar-refractivity contribution is -0.133. The number of hydrogen-bond donors (Lipinski definition) is 1. The first-order valence-electron chi connectivity index (χ1n) is 9.17. The fourth-order valence-corrected chi connectivity index (χ4v) is 3.62. The third kappa shape index (κ3) is 5.42. The standard InChI is InChI=1S/C19H26FN3O2.ClH/c20-17-3-1-2-16(14-17)19(25)23-12-10-22(11-13-23)18(24)5-4-15-6-8-21-9-7-15;/h1-3,14-15,21H,4-13H2;1H. The third-order valence-corrected chi connectivity index (χ3v) is 5.22. The molecule has 0 radical (unpaired) electrons. The number of nitrogens with one attached hydrogen (secondary N) is 1. The lowest BCUT2D eigenvalue weighted by atomic mass is 9.93. The molecule has 7 heteroatoms. The van der Waals surface area contributed by atoms with Crippen LogP contribution in [0.25, 0.3) is 0 Å². The molecule has 26 heavy (non-hydrogen) atoms. The zero-order valence-electron chi connectivity index (χ0n) is 15.0. The topological polar surface area (TPSA) is 52.7 Å². The first kappa shape index (κ1) is 20.6. The van der Waals surface area contributed by atoms with Gasteiger partial charge in [-0.25, -0.2) is 4.39 Å². The van der Waals surface area contributed by atoms with E-state index in [2.05, 4.69) is 5.32 Å². The molecular weight excluding hydrogens is 357 g/mol. The number of rotatable bonds is 4. The molecule has 0 atom stereocenters. The summed E-state index contributed by atoms with van der Waals surface area (Å²) < 4.78 is 13.3. The molecule has 0 saturated carbocycles. The van der Waals surface area contributed by atoms with Gasteiger partial charge >= 0.3 is 0 Å². The molecule has 0 unspecified atom stereocenters. The monoisotopic (exact) mass is 383 g/mol. The Balaban J connectivity index is 0.00000243. The van der Waals surface area contributed by atoms with Crippen molar-refractivity contribution in [3.8, 4) is 0 Å². The minimum Gasteiger partial charge on any atom is -0.339 e. The molecule has 0 aromatic heterocycles. The molecule has 1 aromatic rings. The van der Waals surface area contributed by atoms with Crippen LogP contribution >= 0.6 is 12.4 Å². The second-order valence-corrected chi connectivity index (χ2v) is 6.92. The Labute approximate surface area is 160 Å². The zero-order valence-corrected chi connectivity index (χ0v) is 15.8. The fourth-order valence-electron chi connectivity index (χ4n) is 3.62. The van der Waals surface area contributed by atoms with Crippen molar-refractivity contribution in [3.05, 3.63) is 35.6 Å². The molecule has 5 nitrogen and oxygen atoms in total. The van der Waals surface area contributed by atoms with Gasteiger partial charge in [-0.05, 0) is 56.5 Å². The molecular formula is C19H27ClFN3O2. The number of amides is 2. The summed E-state index contributed by atoms with van der Waals surface area (Å²) in [5.74, 6) is 0.274. The number of hydrogen-bond acceptors (Lipinski definition) is 3. The van der Waals surface area contributed by atoms with Crippen molar-refractivity contribution >= 4 is 24.2 Å². The molecule has 0 spiro atoms. The molecule has 0 aliphatic carbocycles. The van der Waals surface area contributed by atoms with E-state index in [4.69, 9.17) is 0 Å². The fraction of sp³-hybridized carbons (Fsp3) is 0.579. The molecule has 1 N–H and O–H groups in total. The van der Waals surface area contributed by atoms with Gasteiger partial charge in [0.25, 0.3) is 5.91 Å². The zero-order chi connectivity index (χ0) is 17.6. The summed E-state index contributed by atoms with van der Waals surface area (Å²) in [7, 11) is 0. The van der Waals surface area contributed by atoms with Crippen LogP contribution in [0.1, 0.15) is 36.0 Å². The van der Waals surface area contributed by atoms with E-state index in [1.807, 2.05) is 4.90 Å². The van der Waals surface area contributed by atoms with Gasteiger partial charge in [0.05, 0.1) is 0 Å². The van der Waals surface area contributed by atoms with Crippen molar-refractivity contribution < 1.29 is 14.0 Å². The Morgan fingerprint density at radius 1 is 1.08 bits per heavy atom. The van der Waals surface area contributed by atoms with Crippen LogP contribution in [0.2, 0.25) is 0 Å². The lowest BCUT2D eigenvalue weighted by Crippen LogP contribution is -2.50. The molecule has 3 rings (SSSR count). The minimum absolute atomic E-state index is 0. The number of benzene rings is 1. The average molecular weight is 384 g/mol. The normalized spacial score (nSPS) is 18.3. The second-order valence-electron chi connectivity index (χ2n) is 6.92. The highest BCUT2D eigenvalue weighted by molar-refractivity contribution is 5.94. The summed E-state index contributed by atoms with van der Waals surface area (Å²) in [5.41, 5.74) is 0.366. The number of carbonyl (C=O) groups is 2. The number of halogens is 2. The van der Waals surface area contributed by atoms with Crippen LogP contribution in [0.5, 0.6) is 0 Å². The number of piperazine rings is 1. The maximum Gasteiger partial charge on any atom is 0.254 e. The summed E-state index contributed by atoms with van der Waals surface area (Å²) in [6, 6.07) is 5.76. The molecule has 2 fully saturated rings. The van der Waals surface area contributed by atoms with E-state index < -0.39 is 5.82 Å². The van der Waals surface area contributed by atoms with Crippen molar-refractivity contribution in [2.45, 2.75) is 25.7 Å². The van der Waals surface area contributed by atoms with Gasteiger partial charge in [0, 0.05) is 38.2 Å². The summed E-state index contributed by atoms with van der Waals surface area (Å²) in [5, 5.41) is 3.34. The smallest absolute Gasteiger partial charge is 0.254 e. The van der Waals surface area contributed by atoms with Crippen LogP contribution in [0.4, 0.5) is 4.39 Å². The van der Waals surface area contributed by atoms with Crippen LogP contribution in [0, 0.1) is 11.7 Å². The van der Waals surface area contributed by atoms with Crippen LogP contribution in [-0.4, -0.2) is 60.9 Å². The highest BCUT2D eigenvalue weighted by Crippen LogP contribution is 2.19. The molecule has 2 aliphatic heterocycles. The van der Waals surface area contributed by atoms with Gasteiger partial charge in [-0.2, -0.15) is 0 Å². The molecule has 2 heterocycles. The van der Waals surface area contributed by atoms with E-state index in [1.165, 1.54) is 12.1 Å².